The summed E-state index contributed by atoms with van der Waals surface area (Å²) in [5.41, 5.74) is 6.51. The second kappa shape index (κ2) is 5.46. The quantitative estimate of drug-likeness (QED) is 0.667. The van der Waals surface area contributed by atoms with Crippen molar-refractivity contribution in [1.82, 2.24) is 0 Å². The lowest BCUT2D eigenvalue weighted by atomic mass is 10.0. The van der Waals surface area contributed by atoms with Gasteiger partial charge in [-0.15, -0.1) is 0 Å². The van der Waals surface area contributed by atoms with Gasteiger partial charge in [0.1, 0.15) is 7.05 Å². The Labute approximate surface area is 121 Å². The zero-order chi connectivity index (χ0) is 13.9. The van der Waals surface area contributed by atoms with Crippen molar-refractivity contribution in [1.29, 1.82) is 0 Å². The summed E-state index contributed by atoms with van der Waals surface area (Å²) < 4.78 is 2.30. The standard InChI is InChI=1S/C19H20N/c1-15-9-5-3-7-11-17(15)19-14-13-16-10-6-4-8-12-18(16)20(19)2/h3,5-6,8-14H,4,7H2,1-2H3/q+1. The summed E-state index contributed by atoms with van der Waals surface area (Å²) in [6.07, 6.45) is 19.7. The molecule has 1 aromatic rings. The van der Waals surface area contributed by atoms with Crippen LogP contribution in [0.2, 0.25) is 0 Å². The average molecular weight is 262 g/mol. The number of fused-ring (bicyclic) bond motifs is 1. The van der Waals surface area contributed by atoms with Gasteiger partial charge in [-0.25, -0.2) is 0 Å². The third-order valence-electron chi connectivity index (χ3n) is 3.93. The number of aromatic nitrogens is 1. The maximum atomic E-state index is 2.31. The average Bonchev–Trinajstić information content (AvgIpc) is 2.80. The molecule has 0 saturated heterocycles. The molecular formula is C19H20N+. The van der Waals surface area contributed by atoms with Crippen LogP contribution in [0.15, 0.2) is 54.2 Å². The highest BCUT2D eigenvalue weighted by molar-refractivity contribution is 5.77. The van der Waals surface area contributed by atoms with E-state index in [-0.39, 0.29) is 0 Å². The van der Waals surface area contributed by atoms with E-state index in [4.69, 9.17) is 0 Å². The Bertz CT molecular complexity index is 682. The maximum Gasteiger partial charge on any atom is 0.212 e. The number of hydrogen-bond acceptors (Lipinski definition) is 0. The minimum Gasteiger partial charge on any atom is -0.194 e. The first-order valence-corrected chi connectivity index (χ1v) is 7.18. The molecule has 100 valence electrons. The van der Waals surface area contributed by atoms with Gasteiger partial charge in [0.25, 0.3) is 0 Å². The Morgan fingerprint density at radius 3 is 2.75 bits per heavy atom. The molecule has 3 rings (SSSR count). The minimum absolute atomic E-state index is 0.996. The van der Waals surface area contributed by atoms with Crippen molar-refractivity contribution < 1.29 is 4.57 Å². The van der Waals surface area contributed by atoms with Gasteiger partial charge in [0, 0.05) is 23.3 Å². The summed E-state index contributed by atoms with van der Waals surface area (Å²) >= 11 is 0. The molecule has 0 aromatic carbocycles. The molecule has 2 aliphatic carbocycles. The van der Waals surface area contributed by atoms with Gasteiger partial charge >= 0.3 is 0 Å². The predicted octanol–water partition coefficient (Wildman–Crippen LogP) is 4.23. The fourth-order valence-electron chi connectivity index (χ4n) is 2.80. The summed E-state index contributed by atoms with van der Waals surface area (Å²) in [5, 5.41) is 0. The number of nitrogens with zero attached hydrogens (tertiary/aromatic N) is 1. The summed E-state index contributed by atoms with van der Waals surface area (Å²) in [5.74, 6) is 0. The fraction of sp³-hybridized carbons (Fsp3) is 0.211. The lowest BCUT2D eigenvalue weighted by Gasteiger charge is -2.09. The normalized spacial score (nSPS) is 17.1. The largest absolute Gasteiger partial charge is 0.212 e. The zero-order valence-electron chi connectivity index (χ0n) is 12.1. The van der Waals surface area contributed by atoms with E-state index in [1.165, 1.54) is 28.1 Å². The molecule has 0 aliphatic heterocycles. The molecule has 0 bridgehead atoms. The molecule has 20 heavy (non-hydrogen) atoms. The van der Waals surface area contributed by atoms with Crippen LogP contribution in [0.1, 0.15) is 36.7 Å². The van der Waals surface area contributed by atoms with E-state index < -0.39 is 0 Å². The SMILES string of the molecule is CC1=CC=CCC=C1c1ccc2c([n+]1C)C=CCC=C2. The second-order valence-corrected chi connectivity index (χ2v) is 5.29. The second-order valence-electron chi connectivity index (χ2n) is 5.29. The summed E-state index contributed by atoms with van der Waals surface area (Å²) in [7, 11) is 2.16. The van der Waals surface area contributed by atoms with Crippen molar-refractivity contribution in [2.45, 2.75) is 19.8 Å². The Morgan fingerprint density at radius 2 is 1.85 bits per heavy atom. The molecule has 0 amide bonds. The third-order valence-corrected chi connectivity index (χ3v) is 3.93. The van der Waals surface area contributed by atoms with E-state index in [9.17, 15) is 0 Å². The lowest BCUT2D eigenvalue weighted by molar-refractivity contribution is -0.675. The van der Waals surface area contributed by atoms with Gasteiger partial charge in [0.2, 0.25) is 11.4 Å². The van der Waals surface area contributed by atoms with Crippen LogP contribution in [0.25, 0.3) is 17.7 Å². The maximum absolute atomic E-state index is 2.31. The van der Waals surface area contributed by atoms with Crippen LogP contribution in [-0.4, -0.2) is 0 Å². The van der Waals surface area contributed by atoms with Crippen molar-refractivity contribution in [2.24, 2.45) is 7.05 Å². The van der Waals surface area contributed by atoms with Gasteiger partial charge in [-0.2, -0.15) is 4.57 Å². The highest BCUT2D eigenvalue weighted by Crippen LogP contribution is 2.25. The van der Waals surface area contributed by atoms with Crippen LogP contribution in [0.5, 0.6) is 0 Å². The Kier molecular flexibility index (Phi) is 3.51. The molecule has 1 aromatic heterocycles. The number of rotatable bonds is 1. The molecule has 0 fully saturated rings. The monoisotopic (exact) mass is 262 g/mol. The van der Waals surface area contributed by atoms with Gasteiger partial charge in [-0.1, -0.05) is 42.5 Å². The van der Waals surface area contributed by atoms with E-state index in [0.717, 1.165) is 12.8 Å². The molecule has 0 N–H and O–H groups in total. The lowest BCUT2D eigenvalue weighted by Crippen LogP contribution is -2.37. The molecule has 1 heterocycles. The highest BCUT2D eigenvalue weighted by Gasteiger charge is 2.19. The van der Waals surface area contributed by atoms with Crippen LogP contribution in [0, 0.1) is 0 Å². The van der Waals surface area contributed by atoms with Crippen LogP contribution in [-0.2, 0) is 7.05 Å². The first kappa shape index (κ1) is 12.9. The smallest absolute Gasteiger partial charge is 0.194 e. The Morgan fingerprint density at radius 1 is 1.00 bits per heavy atom. The first-order valence-electron chi connectivity index (χ1n) is 7.18. The van der Waals surface area contributed by atoms with Crippen molar-refractivity contribution in [2.75, 3.05) is 0 Å². The van der Waals surface area contributed by atoms with Crippen LogP contribution >= 0.6 is 0 Å². The third kappa shape index (κ3) is 2.32. The predicted molar refractivity (Wildman–Crippen MR) is 85.8 cm³/mol. The van der Waals surface area contributed by atoms with Crippen LogP contribution in [0.4, 0.5) is 0 Å². The van der Waals surface area contributed by atoms with Gasteiger partial charge in [0.15, 0.2) is 0 Å². The van der Waals surface area contributed by atoms with Crippen LogP contribution < -0.4 is 4.57 Å². The van der Waals surface area contributed by atoms with Crippen molar-refractivity contribution in [3.8, 4) is 0 Å². The molecule has 0 unspecified atom stereocenters. The van der Waals surface area contributed by atoms with E-state index >= 15 is 0 Å². The first-order chi connectivity index (χ1) is 9.77. The summed E-state index contributed by atoms with van der Waals surface area (Å²) in [6.45, 7) is 2.18. The van der Waals surface area contributed by atoms with E-state index in [0.29, 0.717) is 0 Å². The van der Waals surface area contributed by atoms with Crippen molar-refractivity contribution >= 4 is 17.7 Å². The van der Waals surface area contributed by atoms with Crippen molar-refractivity contribution in [3.05, 3.63) is 71.1 Å². The van der Waals surface area contributed by atoms with E-state index in [1.807, 2.05) is 0 Å². The Balaban J connectivity index is 2.15. The van der Waals surface area contributed by atoms with Gasteiger partial charge in [0.05, 0.1) is 0 Å². The summed E-state index contributed by atoms with van der Waals surface area (Å²) in [4.78, 5) is 0. The molecule has 1 nitrogen and oxygen atoms in total. The van der Waals surface area contributed by atoms with E-state index in [1.54, 1.807) is 0 Å². The Hall–Kier alpha value is -2.15. The van der Waals surface area contributed by atoms with Gasteiger partial charge < -0.3 is 0 Å². The topological polar surface area (TPSA) is 3.88 Å². The van der Waals surface area contributed by atoms with Crippen molar-refractivity contribution in [3.63, 3.8) is 0 Å². The molecule has 2 aliphatic rings. The molecule has 0 spiro atoms. The number of allylic oxidation sites excluding steroid dienone is 8. The molecule has 0 radical (unpaired) electrons. The van der Waals surface area contributed by atoms with Gasteiger partial charge in [-0.3, -0.25) is 0 Å². The number of pyridine rings is 1. The van der Waals surface area contributed by atoms with Gasteiger partial charge in [-0.05, 0) is 31.4 Å². The highest BCUT2D eigenvalue weighted by atomic mass is 14.9. The zero-order valence-corrected chi connectivity index (χ0v) is 12.1. The fourth-order valence-corrected chi connectivity index (χ4v) is 2.80. The molecule has 0 atom stereocenters. The number of hydrogen-bond donors (Lipinski definition) is 0. The molecule has 0 saturated carbocycles. The molecular weight excluding hydrogens is 242 g/mol. The molecule has 1 heteroatoms. The summed E-state index contributed by atoms with van der Waals surface area (Å²) in [6, 6.07) is 4.46. The minimum atomic E-state index is 0.996. The van der Waals surface area contributed by atoms with Crippen LogP contribution in [0.3, 0.4) is 0 Å². The van der Waals surface area contributed by atoms with E-state index in [2.05, 4.69) is 79.3 Å².